The van der Waals surface area contributed by atoms with Crippen molar-refractivity contribution in [3.63, 3.8) is 0 Å². The van der Waals surface area contributed by atoms with Gasteiger partial charge in [-0.25, -0.2) is 0 Å². The topological polar surface area (TPSA) is 15.8 Å². The van der Waals surface area contributed by atoms with Gasteiger partial charge in [-0.15, -0.1) is 0 Å². The van der Waals surface area contributed by atoms with Crippen LogP contribution in [0.15, 0.2) is 18.2 Å². The Morgan fingerprint density at radius 3 is 3.09 bits per heavy atom. The summed E-state index contributed by atoms with van der Waals surface area (Å²) in [5, 5.41) is 1.29. The second kappa shape index (κ2) is 2.52. The number of halogens is 1. The standard InChI is InChI=1S/C9H7IN/c1-6-9(10)7-4-2-3-5-8(7)11-6/h2,4-5,11H,1H3. The second-order valence-electron chi connectivity index (χ2n) is 2.54. The molecule has 2 aromatic rings. The smallest absolute Gasteiger partial charge is 0.0473 e. The molecule has 0 saturated heterocycles. The van der Waals surface area contributed by atoms with E-state index in [0.717, 1.165) is 0 Å². The van der Waals surface area contributed by atoms with E-state index in [2.05, 4.69) is 46.6 Å². The van der Waals surface area contributed by atoms with Gasteiger partial charge in [0.2, 0.25) is 0 Å². The molecule has 0 fully saturated rings. The zero-order valence-corrected chi connectivity index (χ0v) is 8.27. The van der Waals surface area contributed by atoms with Crippen molar-refractivity contribution in [2.45, 2.75) is 6.92 Å². The first kappa shape index (κ1) is 7.16. The third-order valence-corrected chi connectivity index (χ3v) is 3.14. The fraction of sp³-hybridized carbons (Fsp3) is 0.111. The summed E-state index contributed by atoms with van der Waals surface area (Å²) in [4.78, 5) is 3.29. The molecule has 0 unspecified atom stereocenters. The quantitative estimate of drug-likeness (QED) is 0.697. The van der Waals surface area contributed by atoms with Crippen molar-refractivity contribution in [1.29, 1.82) is 0 Å². The van der Waals surface area contributed by atoms with E-state index in [-0.39, 0.29) is 0 Å². The number of rotatable bonds is 0. The number of fused-ring (bicyclic) bond motifs is 1. The van der Waals surface area contributed by atoms with Gasteiger partial charge in [-0.2, -0.15) is 0 Å². The lowest BCUT2D eigenvalue weighted by molar-refractivity contribution is 1.28. The van der Waals surface area contributed by atoms with Crippen LogP contribution in [0, 0.1) is 16.6 Å². The van der Waals surface area contributed by atoms with Crippen LogP contribution in [0.5, 0.6) is 0 Å². The fourth-order valence-electron chi connectivity index (χ4n) is 1.18. The Morgan fingerprint density at radius 2 is 2.36 bits per heavy atom. The molecule has 0 aliphatic heterocycles. The van der Waals surface area contributed by atoms with Crippen molar-refractivity contribution >= 4 is 33.5 Å². The lowest BCUT2D eigenvalue weighted by Gasteiger charge is -1.85. The maximum absolute atomic E-state index is 3.29. The van der Waals surface area contributed by atoms with Gasteiger partial charge < -0.3 is 4.98 Å². The van der Waals surface area contributed by atoms with Crippen molar-refractivity contribution in [2.24, 2.45) is 0 Å². The molecule has 0 spiro atoms. The highest BCUT2D eigenvalue weighted by molar-refractivity contribution is 14.1. The molecule has 0 bridgehead atoms. The minimum Gasteiger partial charge on any atom is -0.358 e. The summed E-state index contributed by atoms with van der Waals surface area (Å²) in [6.45, 7) is 2.09. The molecule has 0 atom stereocenters. The highest BCUT2D eigenvalue weighted by Gasteiger charge is 2.02. The van der Waals surface area contributed by atoms with E-state index in [1.807, 2.05) is 12.1 Å². The number of nitrogens with one attached hydrogen (secondary N) is 1. The highest BCUT2D eigenvalue weighted by Crippen LogP contribution is 2.22. The molecule has 11 heavy (non-hydrogen) atoms. The first-order chi connectivity index (χ1) is 5.29. The molecule has 0 amide bonds. The number of aryl methyl sites for hydroxylation is 1. The van der Waals surface area contributed by atoms with E-state index in [1.165, 1.54) is 20.2 Å². The first-order valence-corrected chi connectivity index (χ1v) is 4.51. The summed E-state index contributed by atoms with van der Waals surface area (Å²) < 4.78 is 1.31. The Morgan fingerprint density at radius 1 is 1.55 bits per heavy atom. The number of hydrogen-bond acceptors (Lipinski definition) is 0. The number of aromatic nitrogens is 1. The van der Waals surface area contributed by atoms with Gasteiger partial charge in [-0.1, -0.05) is 12.1 Å². The molecule has 2 heteroatoms. The Balaban J connectivity index is 2.92. The van der Waals surface area contributed by atoms with Gasteiger partial charge in [0.25, 0.3) is 0 Å². The summed E-state index contributed by atoms with van der Waals surface area (Å²) >= 11 is 2.35. The van der Waals surface area contributed by atoms with E-state index in [1.54, 1.807) is 0 Å². The predicted molar refractivity (Wildman–Crippen MR) is 54.6 cm³/mol. The summed E-state index contributed by atoms with van der Waals surface area (Å²) in [6, 6.07) is 9.04. The van der Waals surface area contributed by atoms with Crippen LogP contribution >= 0.6 is 22.6 Å². The van der Waals surface area contributed by atoms with Crippen molar-refractivity contribution in [3.8, 4) is 0 Å². The minimum atomic E-state index is 1.18. The highest BCUT2D eigenvalue weighted by atomic mass is 127. The average molecular weight is 256 g/mol. The molecular weight excluding hydrogens is 249 g/mol. The number of hydrogen-bond donors (Lipinski definition) is 1. The molecule has 55 valence electrons. The molecule has 0 aliphatic rings. The van der Waals surface area contributed by atoms with Gasteiger partial charge in [-0.3, -0.25) is 0 Å². The number of benzene rings is 1. The van der Waals surface area contributed by atoms with Gasteiger partial charge in [0.1, 0.15) is 0 Å². The molecule has 1 N–H and O–H groups in total. The summed E-state index contributed by atoms with van der Waals surface area (Å²) in [7, 11) is 0. The molecule has 1 aromatic carbocycles. The molecular formula is C9H7IN. The van der Waals surface area contributed by atoms with Crippen LogP contribution in [0.2, 0.25) is 0 Å². The third-order valence-electron chi connectivity index (χ3n) is 1.75. The lowest BCUT2D eigenvalue weighted by atomic mass is 10.2. The van der Waals surface area contributed by atoms with Gasteiger partial charge in [0.05, 0.1) is 0 Å². The van der Waals surface area contributed by atoms with Crippen LogP contribution in [-0.2, 0) is 0 Å². The monoisotopic (exact) mass is 256 g/mol. The van der Waals surface area contributed by atoms with Crippen molar-refractivity contribution in [1.82, 2.24) is 4.98 Å². The second-order valence-corrected chi connectivity index (χ2v) is 3.61. The van der Waals surface area contributed by atoms with E-state index >= 15 is 0 Å². The Kier molecular flexibility index (Phi) is 1.64. The molecule has 2 rings (SSSR count). The average Bonchev–Trinajstić information content (AvgIpc) is 2.30. The minimum absolute atomic E-state index is 1.18. The largest absolute Gasteiger partial charge is 0.358 e. The van der Waals surface area contributed by atoms with Crippen LogP contribution in [-0.4, -0.2) is 4.98 Å². The molecule has 1 nitrogen and oxygen atoms in total. The zero-order valence-electron chi connectivity index (χ0n) is 6.11. The number of aromatic amines is 1. The van der Waals surface area contributed by atoms with E-state index in [4.69, 9.17) is 0 Å². The molecule has 1 aromatic heterocycles. The van der Waals surface area contributed by atoms with E-state index < -0.39 is 0 Å². The molecule has 1 radical (unpaired) electrons. The van der Waals surface area contributed by atoms with Crippen LogP contribution in [0.3, 0.4) is 0 Å². The lowest BCUT2D eigenvalue weighted by Crippen LogP contribution is -1.69. The van der Waals surface area contributed by atoms with Crippen LogP contribution in [0.4, 0.5) is 0 Å². The van der Waals surface area contributed by atoms with Gasteiger partial charge >= 0.3 is 0 Å². The van der Waals surface area contributed by atoms with Crippen molar-refractivity contribution in [3.05, 3.63) is 33.5 Å². The van der Waals surface area contributed by atoms with Gasteiger partial charge in [-0.05, 0) is 41.6 Å². The molecule has 0 saturated carbocycles. The summed E-state index contributed by atoms with van der Waals surface area (Å²) in [6.07, 6.45) is 0. The van der Waals surface area contributed by atoms with Gasteiger partial charge in [0.15, 0.2) is 0 Å². The summed E-state index contributed by atoms with van der Waals surface area (Å²) in [5.41, 5.74) is 2.41. The molecule has 1 heterocycles. The SMILES string of the molecule is Cc1[nH]c2c[c]ccc2c1I. The van der Waals surface area contributed by atoms with Crippen LogP contribution < -0.4 is 0 Å². The first-order valence-electron chi connectivity index (χ1n) is 3.43. The van der Waals surface area contributed by atoms with Crippen molar-refractivity contribution in [2.75, 3.05) is 0 Å². The fourth-order valence-corrected chi connectivity index (χ4v) is 1.79. The Bertz CT molecular complexity index is 389. The normalized spacial score (nSPS) is 10.7. The van der Waals surface area contributed by atoms with Gasteiger partial charge in [0, 0.05) is 20.2 Å². The van der Waals surface area contributed by atoms with Crippen LogP contribution in [0.1, 0.15) is 5.69 Å². The Labute approximate surface area is 78.9 Å². The molecule has 0 aliphatic carbocycles. The summed E-state index contributed by atoms with van der Waals surface area (Å²) in [5.74, 6) is 0. The predicted octanol–water partition coefficient (Wildman–Crippen LogP) is 2.88. The Hall–Kier alpha value is -0.510. The maximum Gasteiger partial charge on any atom is 0.0473 e. The number of H-pyrrole nitrogens is 1. The maximum atomic E-state index is 3.29. The zero-order chi connectivity index (χ0) is 7.84. The van der Waals surface area contributed by atoms with E-state index in [9.17, 15) is 0 Å². The third kappa shape index (κ3) is 1.05. The van der Waals surface area contributed by atoms with Crippen LogP contribution in [0.25, 0.3) is 10.9 Å². The van der Waals surface area contributed by atoms with E-state index in [0.29, 0.717) is 0 Å². The van der Waals surface area contributed by atoms with Crippen molar-refractivity contribution < 1.29 is 0 Å².